The number of fused-ring (bicyclic) bond motifs is 3. The third-order valence-electron chi connectivity index (χ3n) is 4.19. The largest absolute Gasteiger partial charge is 0.496 e. The Morgan fingerprint density at radius 1 is 1.41 bits per heavy atom. The van der Waals surface area contributed by atoms with Gasteiger partial charge in [-0.3, -0.25) is 0 Å². The number of methoxy groups -OCH3 is 1. The molecule has 0 bridgehead atoms. The van der Waals surface area contributed by atoms with Gasteiger partial charge in [0.2, 0.25) is 0 Å². The maximum absolute atomic E-state index is 5.64. The van der Waals surface area contributed by atoms with Gasteiger partial charge in [0.05, 0.1) is 7.11 Å². The van der Waals surface area contributed by atoms with Gasteiger partial charge in [-0.2, -0.15) is 0 Å². The van der Waals surface area contributed by atoms with Crippen LogP contribution in [-0.2, 0) is 6.42 Å². The fraction of sp³-hybridized carbons (Fsp3) is 0.571. The highest BCUT2D eigenvalue weighted by atomic mass is 16.5. The summed E-state index contributed by atoms with van der Waals surface area (Å²) in [6.45, 7) is 4.13. The van der Waals surface area contributed by atoms with Crippen LogP contribution in [0.2, 0.25) is 0 Å². The molecule has 1 aliphatic carbocycles. The van der Waals surface area contributed by atoms with E-state index >= 15 is 0 Å². The summed E-state index contributed by atoms with van der Waals surface area (Å²) in [5.41, 5.74) is 8.59. The molecule has 1 fully saturated rings. The van der Waals surface area contributed by atoms with Gasteiger partial charge in [-0.05, 0) is 24.0 Å². The zero-order valence-corrected chi connectivity index (χ0v) is 10.4. The van der Waals surface area contributed by atoms with Gasteiger partial charge in [-0.1, -0.05) is 12.1 Å². The van der Waals surface area contributed by atoms with E-state index < -0.39 is 0 Å². The fourth-order valence-corrected chi connectivity index (χ4v) is 3.51. The first-order valence-corrected chi connectivity index (χ1v) is 6.41. The first-order valence-electron chi connectivity index (χ1n) is 6.41. The minimum absolute atomic E-state index is 0.660. The van der Waals surface area contributed by atoms with Crippen LogP contribution in [0, 0.1) is 5.92 Å². The summed E-state index contributed by atoms with van der Waals surface area (Å²) in [7, 11) is 1.77. The number of hydrogen-bond acceptors (Lipinski definition) is 3. The third-order valence-corrected chi connectivity index (χ3v) is 4.19. The van der Waals surface area contributed by atoms with E-state index in [4.69, 9.17) is 10.5 Å². The topological polar surface area (TPSA) is 38.5 Å². The van der Waals surface area contributed by atoms with Crippen LogP contribution in [-0.4, -0.2) is 38.2 Å². The average molecular weight is 232 g/mol. The van der Waals surface area contributed by atoms with Gasteiger partial charge in [0, 0.05) is 37.7 Å². The van der Waals surface area contributed by atoms with Crippen LogP contribution in [0.1, 0.15) is 17.0 Å². The molecule has 1 aromatic carbocycles. The molecule has 92 valence electrons. The molecular formula is C14H20N2O. The number of likely N-dealkylation sites (tertiary alicyclic amines) is 1. The van der Waals surface area contributed by atoms with Gasteiger partial charge in [-0.15, -0.1) is 0 Å². The lowest BCUT2D eigenvalue weighted by atomic mass is 9.96. The molecule has 1 aliphatic heterocycles. The summed E-state index contributed by atoms with van der Waals surface area (Å²) in [4.78, 5) is 2.49. The van der Waals surface area contributed by atoms with E-state index in [1.165, 1.54) is 24.1 Å². The maximum Gasteiger partial charge on any atom is 0.122 e. The van der Waals surface area contributed by atoms with Crippen LogP contribution in [0.25, 0.3) is 0 Å². The van der Waals surface area contributed by atoms with E-state index in [-0.39, 0.29) is 0 Å². The van der Waals surface area contributed by atoms with E-state index in [9.17, 15) is 0 Å². The highest BCUT2D eigenvalue weighted by Gasteiger charge is 2.41. The smallest absolute Gasteiger partial charge is 0.122 e. The predicted octanol–water partition coefficient (Wildman–Crippen LogP) is 1.23. The van der Waals surface area contributed by atoms with Crippen molar-refractivity contribution in [1.29, 1.82) is 0 Å². The summed E-state index contributed by atoms with van der Waals surface area (Å²) in [6.07, 6.45) is 1.21. The standard InChI is InChI=1S/C14H20N2O/c1-17-13-4-2-3-10-7-11-8-16(6-5-15)9-12(11)14(10)13/h2-4,11-12H,5-9,15H2,1H3. The van der Waals surface area contributed by atoms with Crippen molar-refractivity contribution in [2.75, 3.05) is 33.3 Å². The second-order valence-corrected chi connectivity index (χ2v) is 5.15. The molecule has 0 amide bonds. The molecule has 17 heavy (non-hydrogen) atoms. The number of nitrogens with zero attached hydrogens (tertiary/aromatic N) is 1. The summed E-state index contributed by atoms with van der Waals surface area (Å²) in [6, 6.07) is 6.45. The molecule has 0 aromatic heterocycles. The molecule has 0 spiro atoms. The number of benzene rings is 1. The highest BCUT2D eigenvalue weighted by molar-refractivity contribution is 5.47. The average Bonchev–Trinajstić information content (AvgIpc) is 2.85. The summed E-state index contributed by atoms with van der Waals surface area (Å²) in [5.74, 6) is 2.50. The molecule has 3 rings (SSSR count). The van der Waals surface area contributed by atoms with E-state index in [1.54, 1.807) is 7.11 Å². The molecular weight excluding hydrogens is 212 g/mol. The lowest BCUT2D eigenvalue weighted by molar-refractivity contribution is 0.330. The minimum Gasteiger partial charge on any atom is -0.496 e. The fourth-order valence-electron chi connectivity index (χ4n) is 3.51. The van der Waals surface area contributed by atoms with Crippen molar-refractivity contribution in [3.63, 3.8) is 0 Å². The Hall–Kier alpha value is -1.06. The van der Waals surface area contributed by atoms with Crippen molar-refractivity contribution in [3.05, 3.63) is 29.3 Å². The first-order chi connectivity index (χ1) is 8.33. The van der Waals surface area contributed by atoms with Crippen LogP contribution in [0.3, 0.4) is 0 Å². The number of hydrogen-bond donors (Lipinski definition) is 1. The second kappa shape index (κ2) is 4.31. The van der Waals surface area contributed by atoms with Gasteiger partial charge in [0.15, 0.2) is 0 Å². The van der Waals surface area contributed by atoms with Crippen LogP contribution < -0.4 is 10.5 Å². The number of ether oxygens (including phenoxy) is 1. The van der Waals surface area contributed by atoms with Gasteiger partial charge in [0.1, 0.15) is 5.75 Å². The van der Waals surface area contributed by atoms with Gasteiger partial charge in [0.25, 0.3) is 0 Å². The van der Waals surface area contributed by atoms with Crippen LogP contribution in [0.15, 0.2) is 18.2 Å². The maximum atomic E-state index is 5.64. The van der Waals surface area contributed by atoms with Crippen molar-refractivity contribution < 1.29 is 4.74 Å². The molecule has 1 saturated heterocycles. The monoisotopic (exact) mass is 232 g/mol. The van der Waals surface area contributed by atoms with Gasteiger partial charge < -0.3 is 15.4 Å². The number of rotatable bonds is 3. The van der Waals surface area contributed by atoms with Gasteiger partial charge >= 0.3 is 0 Å². The number of nitrogens with two attached hydrogens (primary N) is 1. The molecule has 2 unspecified atom stereocenters. The van der Waals surface area contributed by atoms with E-state index in [1.807, 2.05) is 0 Å². The summed E-state index contributed by atoms with van der Waals surface area (Å²) in [5, 5.41) is 0. The highest BCUT2D eigenvalue weighted by Crippen LogP contribution is 2.46. The first kappa shape index (κ1) is 11.1. The molecule has 3 heteroatoms. The van der Waals surface area contributed by atoms with Crippen molar-refractivity contribution >= 4 is 0 Å². The van der Waals surface area contributed by atoms with Gasteiger partial charge in [-0.25, -0.2) is 0 Å². The Kier molecular flexibility index (Phi) is 2.81. The normalized spacial score (nSPS) is 26.9. The zero-order chi connectivity index (χ0) is 11.8. The van der Waals surface area contributed by atoms with Crippen molar-refractivity contribution in [2.45, 2.75) is 12.3 Å². The Labute approximate surface area is 103 Å². The lowest BCUT2D eigenvalue weighted by Crippen LogP contribution is -2.28. The van der Waals surface area contributed by atoms with Crippen LogP contribution >= 0.6 is 0 Å². The van der Waals surface area contributed by atoms with Crippen LogP contribution in [0.5, 0.6) is 5.75 Å². The molecule has 2 N–H and O–H groups in total. The van der Waals surface area contributed by atoms with Crippen LogP contribution in [0.4, 0.5) is 0 Å². The zero-order valence-electron chi connectivity index (χ0n) is 10.4. The summed E-state index contributed by atoms with van der Waals surface area (Å²) < 4.78 is 5.52. The van der Waals surface area contributed by atoms with Crippen molar-refractivity contribution in [3.8, 4) is 5.75 Å². The van der Waals surface area contributed by atoms with E-state index in [2.05, 4.69) is 23.1 Å². The Morgan fingerprint density at radius 2 is 2.29 bits per heavy atom. The predicted molar refractivity (Wildman–Crippen MR) is 68.4 cm³/mol. The lowest BCUT2D eigenvalue weighted by Gasteiger charge is -2.17. The molecule has 0 saturated carbocycles. The molecule has 1 heterocycles. The minimum atomic E-state index is 0.660. The second-order valence-electron chi connectivity index (χ2n) is 5.15. The molecule has 2 aliphatic rings. The van der Waals surface area contributed by atoms with Crippen molar-refractivity contribution in [1.82, 2.24) is 4.90 Å². The quantitative estimate of drug-likeness (QED) is 0.851. The van der Waals surface area contributed by atoms with E-state index in [0.717, 1.165) is 31.3 Å². The third kappa shape index (κ3) is 1.74. The SMILES string of the molecule is COc1cccc2c1C1CN(CCN)CC1C2. The Morgan fingerprint density at radius 3 is 3.06 bits per heavy atom. The van der Waals surface area contributed by atoms with E-state index in [0.29, 0.717) is 5.92 Å². The summed E-state index contributed by atoms with van der Waals surface area (Å²) >= 11 is 0. The molecule has 3 nitrogen and oxygen atoms in total. The Bertz CT molecular complexity index is 419. The molecule has 1 aromatic rings. The molecule has 2 atom stereocenters. The Balaban J connectivity index is 1.89. The van der Waals surface area contributed by atoms with Crippen molar-refractivity contribution in [2.24, 2.45) is 11.7 Å². The molecule has 0 radical (unpaired) electrons.